The summed E-state index contributed by atoms with van der Waals surface area (Å²) >= 11 is 3.39. The predicted octanol–water partition coefficient (Wildman–Crippen LogP) is 3.97. The molecule has 1 saturated heterocycles. The average Bonchev–Trinajstić information content (AvgIpc) is 2.97. The zero-order valence-electron chi connectivity index (χ0n) is 17.7. The highest BCUT2D eigenvalue weighted by Crippen LogP contribution is 2.30. The van der Waals surface area contributed by atoms with Crippen molar-refractivity contribution >= 4 is 33.8 Å². The van der Waals surface area contributed by atoms with E-state index in [-0.39, 0.29) is 18.5 Å². The quantitative estimate of drug-likeness (QED) is 0.631. The summed E-state index contributed by atoms with van der Waals surface area (Å²) in [7, 11) is 0. The Bertz CT molecular complexity index is 1050. The Morgan fingerprint density at radius 2 is 1.90 bits per heavy atom. The van der Waals surface area contributed by atoms with Gasteiger partial charge >= 0.3 is 6.03 Å². The van der Waals surface area contributed by atoms with Gasteiger partial charge in [0, 0.05) is 4.47 Å². The van der Waals surface area contributed by atoms with E-state index in [0.29, 0.717) is 5.56 Å². The van der Waals surface area contributed by atoms with Gasteiger partial charge in [0.15, 0.2) is 0 Å². The summed E-state index contributed by atoms with van der Waals surface area (Å²) in [5.41, 5.74) is 3.23. The molecule has 2 aliphatic rings. The second-order valence-electron chi connectivity index (χ2n) is 8.48. The molecule has 6 nitrogen and oxygen atoms in total. The van der Waals surface area contributed by atoms with Gasteiger partial charge in [-0.3, -0.25) is 14.5 Å². The number of nitrogens with zero attached hydrogens (tertiary/aromatic N) is 1. The van der Waals surface area contributed by atoms with Gasteiger partial charge in [0.1, 0.15) is 12.1 Å². The number of carbonyl (C=O) groups excluding carboxylic acids is 3. The molecule has 7 heteroatoms. The van der Waals surface area contributed by atoms with E-state index in [2.05, 4.69) is 38.7 Å². The van der Waals surface area contributed by atoms with Crippen LogP contribution in [0.2, 0.25) is 0 Å². The molecule has 0 bridgehead atoms. The molecule has 1 heterocycles. The van der Waals surface area contributed by atoms with Crippen LogP contribution in [0, 0.1) is 0 Å². The molecule has 0 aromatic heterocycles. The summed E-state index contributed by atoms with van der Waals surface area (Å²) in [6.07, 6.45) is 4.60. The highest BCUT2D eigenvalue weighted by Gasteiger charge is 2.49. The lowest BCUT2D eigenvalue weighted by molar-refractivity contribution is -0.135. The Morgan fingerprint density at radius 1 is 1.16 bits per heavy atom. The fraction of sp³-hybridized carbons (Fsp3) is 0.375. The van der Waals surface area contributed by atoms with Crippen molar-refractivity contribution in [3.63, 3.8) is 0 Å². The van der Waals surface area contributed by atoms with Crippen molar-refractivity contribution in [1.29, 1.82) is 0 Å². The molecule has 0 radical (unpaired) electrons. The van der Waals surface area contributed by atoms with Crippen LogP contribution < -0.4 is 10.6 Å². The molecule has 2 aromatic carbocycles. The summed E-state index contributed by atoms with van der Waals surface area (Å²) in [6, 6.07) is 12.8. The minimum Gasteiger partial charge on any atom is -0.348 e. The van der Waals surface area contributed by atoms with Crippen molar-refractivity contribution in [3.8, 4) is 0 Å². The van der Waals surface area contributed by atoms with Crippen LogP contribution in [0.25, 0.3) is 0 Å². The van der Waals surface area contributed by atoms with E-state index in [0.717, 1.165) is 27.8 Å². The van der Waals surface area contributed by atoms with Crippen molar-refractivity contribution < 1.29 is 14.4 Å². The fourth-order valence-electron chi connectivity index (χ4n) is 4.37. The number of aryl methyl sites for hydroxylation is 2. The van der Waals surface area contributed by atoms with Gasteiger partial charge in [-0.1, -0.05) is 46.3 Å². The van der Waals surface area contributed by atoms with Gasteiger partial charge in [-0.05, 0) is 73.9 Å². The fourth-order valence-corrected chi connectivity index (χ4v) is 4.77. The van der Waals surface area contributed by atoms with Crippen LogP contribution in [-0.4, -0.2) is 29.3 Å². The topological polar surface area (TPSA) is 78.5 Å². The SMILES string of the molecule is CC(NC(=O)CN1C(=O)NC(C)(c2cccc(Br)c2)C1=O)c1ccc2c(c1)CCCC2. The number of benzene rings is 2. The first-order valence-corrected chi connectivity index (χ1v) is 11.4. The maximum absolute atomic E-state index is 13.0. The third-order valence-electron chi connectivity index (χ3n) is 6.23. The summed E-state index contributed by atoms with van der Waals surface area (Å²) < 4.78 is 0.809. The second kappa shape index (κ2) is 8.46. The maximum atomic E-state index is 13.0. The molecular formula is C24H26BrN3O3. The Morgan fingerprint density at radius 3 is 2.65 bits per heavy atom. The normalized spacial score (nSPS) is 21.5. The van der Waals surface area contributed by atoms with Crippen LogP contribution in [0.5, 0.6) is 0 Å². The number of hydrogen-bond donors (Lipinski definition) is 2. The van der Waals surface area contributed by atoms with E-state index in [1.165, 1.54) is 24.0 Å². The first-order valence-electron chi connectivity index (χ1n) is 10.6. The number of amides is 4. The van der Waals surface area contributed by atoms with Crippen molar-refractivity contribution in [2.24, 2.45) is 0 Å². The molecule has 162 valence electrons. The molecule has 1 aliphatic heterocycles. The molecule has 31 heavy (non-hydrogen) atoms. The van der Waals surface area contributed by atoms with Crippen LogP contribution in [0.1, 0.15) is 55.0 Å². The second-order valence-corrected chi connectivity index (χ2v) is 9.40. The van der Waals surface area contributed by atoms with Crippen LogP contribution >= 0.6 is 15.9 Å². The minimum absolute atomic E-state index is 0.211. The highest BCUT2D eigenvalue weighted by atomic mass is 79.9. The first kappa shape index (κ1) is 21.6. The van der Waals surface area contributed by atoms with Crippen molar-refractivity contribution in [3.05, 3.63) is 69.2 Å². The molecule has 2 atom stereocenters. The number of imide groups is 1. The Hall–Kier alpha value is -2.67. The Labute approximate surface area is 190 Å². The molecule has 2 N–H and O–H groups in total. The van der Waals surface area contributed by atoms with Crippen molar-refractivity contribution in [2.75, 3.05) is 6.54 Å². The molecular weight excluding hydrogens is 458 g/mol. The first-order chi connectivity index (χ1) is 14.8. The average molecular weight is 484 g/mol. The molecule has 2 unspecified atom stereocenters. The smallest absolute Gasteiger partial charge is 0.325 e. The summed E-state index contributed by atoms with van der Waals surface area (Å²) in [4.78, 5) is 39.2. The Kier molecular flexibility index (Phi) is 5.88. The standard InChI is InChI=1S/C24H26BrN3O3/c1-15(17-11-10-16-6-3-4-7-18(16)12-17)26-21(29)14-28-22(30)24(2,27-23(28)31)19-8-5-9-20(25)13-19/h5,8-13,15H,3-4,6-7,14H2,1-2H3,(H,26,29)(H,27,31). The van der Waals surface area contributed by atoms with Crippen molar-refractivity contribution in [2.45, 2.75) is 51.1 Å². The summed E-state index contributed by atoms with van der Waals surface area (Å²) in [5, 5.41) is 5.66. The lowest BCUT2D eigenvalue weighted by atomic mass is 9.89. The van der Waals surface area contributed by atoms with Gasteiger partial charge in [0.25, 0.3) is 5.91 Å². The number of nitrogens with one attached hydrogen (secondary N) is 2. The minimum atomic E-state index is -1.20. The molecule has 0 spiro atoms. The monoisotopic (exact) mass is 483 g/mol. The number of hydrogen-bond acceptors (Lipinski definition) is 3. The molecule has 1 aliphatic carbocycles. The third kappa shape index (κ3) is 4.24. The number of fused-ring (bicyclic) bond motifs is 1. The number of rotatable bonds is 5. The molecule has 2 aromatic rings. The van der Waals surface area contributed by atoms with Gasteiger partial charge in [-0.15, -0.1) is 0 Å². The van der Waals surface area contributed by atoms with Gasteiger partial charge in [0.2, 0.25) is 5.91 Å². The zero-order valence-corrected chi connectivity index (χ0v) is 19.3. The van der Waals surface area contributed by atoms with E-state index >= 15 is 0 Å². The van der Waals surface area contributed by atoms with Gasteiger partial charge in [-0.25, -0.2) is 4.79 Å². The zero-order chi connectivity index (χ0) is 22.2. The molecule has 0 saturated carbocycles. The molecule has 1 fully saturated rings. The van der Waals surface area contributed by atoms with E-state index in [4.69, 9.17) is 0 Å². The number of carbonyl (C=O) groups is 3. The largest absolute Gasteiger partial charge is 0.348 e. The predicted molar refractivity (Wildman–Crippen MR) is 121 cm³/mol. The van der Waals surface area contributed by atoms with Gasteiger partial charge in [-0.2, -0.15) is 0 Å². The number of urea groups is 1. The van der Waals surface area contributed by atoms with Gasteiger partial charge in [0.05, 0.1) is 6.04 Å². The molecule has 4 amide bonds. The van der Waals surface area contributed by atoms with Crippen LogP contribution in [0.3, 0.4) is 0 Å². The van der Waals surface area contributed by atoms with E-state index < -0.39 is 17.5 Å². The van der Waals surface area contributed by atoms with Crippen LogP contribution in [0.15, 0.2) is 46.9 Å². The third-order valence-corrected chi connectivity index (χ3v) is 6.72. The van der Waals surface area contributed by atoms with E-state index in [1.54, 1.807) is 25.1 Å². The summed E-state index contributed by atoms with van der Waals surface area (Å²) in [6.45, 7) is 3.26. The maximum Gasteiger partial charge on any atom is 0.325 e. The summed E-state index contributed by atoms with van der Waals surface area (Å²) in [5.74, 6) is -0.806. The number of halogens is 1. The Balaban J connectivity index is 1.43. The lowest BCUT2D eigenvalue weighted by Crippen LogP contribution is -2.43. The highest BCUT2D eigenvalue weighted by molar-refractivity contribution is 9.10. The van der Waals surface area contributed by atoms with Gasteiger partial charge < -0.3 is 10.6 Å². The van der Waals surface area contributed by atoms with Crippen LogP contribution in [-0.2, 0) is 28.0 Å². The van der Waals surface area contributed by atoms with Crippen LogP contribution in [0.4, 0.5) is 4.79 Å². The van der Waals surface area contributed by atoms with Crippen molar-refractivity contribution in [1.82, 2.24) is 15.5 Å². The lowest BCUT2D eigenvalue weighted by Gasteiger charge is -2.23. The molecule has 4 rings (SSSR count). The van der Waals surface area contributed by atoms with E-state index in [1.807, 2.05) is 19.1 Å². The van der Waals surface area contributed by atoms with E-state index in [9.17, 15) is 14.4 Å².